The Morgan fingerprint density at radius 1 is 1.56 bits per heavy atom. The summed E-state index contributed by atoms with van der Waals surface area (Å²) in [4.78, 5) is 8.53. The van der Waals surface area contributed by atoms with E-state index in [0.29, 0.717) is 17.7 Å². The Kier molecular flexibility index (Phi) is 3.56. The van der Waals surface area contributed by atoms with Crippen molar-refractivity contribution in [2.45, 2.75) is 13.3 Å². The van der Waals surface area contributed by atoms with Crippen LogP contribution in [-0.4, -0.2) is 36.8 Å². The summed E-state index contributed by atoms with van der Waals surface area (Å²) in [6.07, 6.45) is 1.11. The average molecular weight is 223 g/mol. The number of rotatable bonds is 4. The molecule has 5 nitrogen and oxygen atoms in total. The summed E-state index contributed by atoms with van der Waals surface area (Å²) in [5.74, 6) is 1.79. The van der Waals surface area contributed by atoms with E-state index in [0.717, 1.165) is 31.9 Å². The van der Waals surface area contributed by atoms with E-state index in [9.17, 15) is 0 Å². The van der Waals surface area contributed by atoms with Gasteiger partial charge in [-0.25, -0.2) is 4.98 Å². The molecule has 0 saturated carbocycles. The number of nitrogens with zero attached hydrogens (tertiary/aromatic N) is 2. The van der Waals surface area contributed by atoms with Crippen LogP contribution >= 0.6 is 0 Å². The van der Waals surface area contributed by atoms with E-state index in [-0.39, 0.29) is 0 Å². The van der Waals surface area contributed by atoms with Crippen molar-refractivity contribution in [2.75, 3.05) is 32.2 Å². The van der Waals surface area contributed by atoms with Crippen LogP contribution in [0.2, 0.25) is 0 Å². The molecule has 2 rings (SSSR count). The molecule has 2 heterocycles. The maximum absolute atomic E-state index is 5.31. The molecule has 5 heteroatoms. The van der Waals surface area contributed by atoms with Gasteiger partial charge in [-0.2, -0.15) is 4.98 Å². The predicted octanol–water partition coefficient (Wildman–Crippen LogP) is 1.24. The van der Waals surface area contributed by atoms with Crippen LogP contribution in [-0.2, 0) is 4.74 Å². The summed E-state index contributed by atoms with van der Waals surface area (Å²) >= 11 is 0. The van der Waals surface area contributed by atoms with Gasteiger partial charge in [-0.1, -0.05) is 0 Å². The van der Waals surface area contributed by atoms with Gasteiger partial charge in [0.05, 0.1) is 13.7 Å². The van der Waals surface area contributed by atoms with Crippen LogP contribution in [0.25, 0.3) is 0 Å². The number of ether oxygens (including phenoxy) is 2. The van der Waals surface area contributed by atoms with Crippen LogP contribution in [0.4, 0.5) is 5.95 Å². The highest BCUT2D eigenvalue weighted by atomic mass is 16.5. The lowest BCUT2D eigenvalue weighted by molar-refractivity contribution is 0.187. The molecule has 1 saturated heterocycles. The van der Waals surface area contributed by atoms with Crippen molar-refractivity contribution in [1.29, 1.82) is 0 Å². The molecule has 0 spiro atoms. The van der Waals surface area contributed by atoms with Crippen molar-refractivity contribution < 1.29 is 9.47 Å². The van der Waals surface area contributed by atoms with Gasteiger partial charge in [-0.05, 0) is 13.3 Å². The van der Waals surface area contributed by atoms with Gasteiger partial charge in [0, 0.05) is 30.8 Å². The highest BCUT2D eigenvalue weighted by Crippen LogP contribution is 2.15. The van der Waals surface area contributed by atoms with E-state index in [4.69, 9.17) is 9.47 Å². The maximum atomic E-state index is 5.31. The molecule has 0 amide bonds. The zero-order valence-corrected chi connectivity index (χ0v) is 9.69. The van der Waals surface area contributed by atoms with Gasteiger partial charge in [0.1, 0.15) is 0 Å². The van der Waals surface area contributed by atoms with E-state index in [1.807, 2.05) is 13.0 Å². The van der Waals surface area contributed by atoms with Crippen LogP contribution in [0.1, 0.15) is 12.1 Å². The predicted molar refractivity (Wildman–Crippen MR) is 60.7 cm³/mol. The molecule has 0 bridgehead atoms. The Bertz CT molecular complexity index is 351. The lowest BCUT2D eigenvalue weighted by atomic mass is 10.1. The minimum Gasteiger partial charge on any atom is -0.481 e. The fraction of sp³-hybridized carbons (Fsp3) is 0.636. The summed E-state index contributed by atoms with van der Waals surface area (Å²) in [5, 5.41) is 3.22. The van der Waals surface area contributed by atoms with Crippen LogP contribution < -0.4 is 10.1 Å². The van der Waals surface area contributed by atoms with Gasteiger partial charge >= 0.3 is 0 Å². The molecule has 1 aromatic heterocycles. The van der Waals surface area contributed by atoms with Crippen LogP contribution in [0.5, 0.6) is 5.88 Å². The standard InChI is InChI=1S/C11H17N3O2/c1-8-5-10(15-2)14-11(13-8)12-6-9-3-4-16-7-9/h5,9H,3-4,6-7H2,1-2H3,(H,12,13,14). The molecule has 16 heavy (non-hydrogen) atoms. The first-order chi connectivity index (χ1) is 7.78. The molecule has 1 N–H and O–H groups in total. The monoisotopic (exact) mass is 223 g/mol. The zero-order valence-electron chi connectivity index (χ0n) is 9.69. The van der Waals surface area contributed by atoms with Crippen molar-refractivity contribution >= 4 is 5.95 Å². The second-order valence-corrected chi connectivity index (χ2v) is 3.99. The molecule has 1 aliphatic heterocycles. The average Bonchev–Trinajstić information content (AvgIpc) is 2.78. The minimum absolute atomic E-state index is 0.565. The fourth-order valence-electron chi connectivity index (χ4n) is 1.70. The quantitative estimate of drug-likeness (QED) is 0.832. The lowest BCUT2D eigenvalue weighted by Gasteiger charge is -2.10. The van der Waals surface area contributed by atoms with Gasteiger partial charge in [-0.15, -0.1) is 0 Å². The third-order valence-electron chi connectivity index (χ3n) is 2.61. The number of hydrogen-bond donors (Lipinski definition) is 1. The fourth-order valence-corrected chi connectivity index (χ4v) is 1.70. The van der Waals surface area contributed by atoms with E-state index in [1.165, 1.54) is 0 Å². The second kappa shape index (κ2) is 5.12. The van der Waals surface area contributed by atoms with Crippen molar-refractivity contribution in [3.05, 3.63) is 11.8 Å². The number of aryl methyl sites for hydroxylation is 1. The lowest BCUT2D eigenvalue weighted by Crippen LogP contribution is -2.16. The molecule has 1 fully saturated rings. The summed E-state index contributed by atoms with van der Waals surface area (Å²) in [6.45, 7) is 4.47. The van der Waals surface area contributed by atoms with Crippen molar-refractivity contribution in [3.63, 3.8) is 0 Å². The van der Waals surface area contributed by atoms with Crippen molar-refractivity contribution in [1.82, 2.24) is 9.97 Å². The smallest absolute Gasteiger partial charge is 0.226 e. The van der Waals surface area contributed by atoms with Gasteiger partial charge in [-0.3, -0.25) is 0 Å². The SMILES string of the molecule is COc1cc(C)nc(NCC2CCOC2)n1. The second-order valence-electron chi connectivity index (χ2n) is 3.99. The van der Waals surface area contributed by atoms with Gasteiger partial charge in [0.25, 0.3) is 0 Å². The zero-order chi connectivity index (χ0) is 11.4. The Morgan fingerprint density at radius 2 is 2.44 bits per heavy atom. The van der Waals surface area contributed by atoms with Gasteiger partial charge in [0.15, 0.2) is 0 Å². The first kappa shape index (κ1) is 11.1. The number of hydrogen-bond acceptors (Lipinski definition) is 5. The summed E-state index contributed by atoms with van der Waals surface area (Å²) in [5.41, 5.74) is 0.900. The molecule has 1 aliphatic rings. The third-order valence-corrected chi connectivity index (χ3v) is 2.61. The van der Waals surface area contributed by atoms with Crippen LogP contribution in [0, 0.1) is 12.8 Å². The third kappa shape index (κ3) is 2.82. The van der Waals surface area contributed by atoms with Gasteiger partial charge in [0.2, 0.25) is 11.8 Å². The van der Waals surface area contributed by atoms with Crippen molar-refractivity contribution in [2.24, 2.45) is 5.92 Å². The Hall–Kier alpha value is -1.36. The molecule has 0 aromatic carbocycles. The largest absolute Gasteiger partial charge is 0.481 e. The normalized spacial score (nSPS) is 19.8. The molecular weight excluding hydrogens is 206 g/mol. The number of nitrogens with one attached hydrogen (secondary N) is 1. The van der Waals surface area contributed by atoms with E-state index in [2.05, 4.69) is 15.3 Å². The molecule has 0 radical (unpaired) electrons. The summed E-state index contributed by atoms with van der Waals surface area (Å²) in [7, 11) is 1.61. The molecule has 0 aliphatic carbocycles. The first-order valence-electron chi connectivity index (χ1n) is 5.49. The van der Waals surface area contributed by atoms with Crippen LogP contribution in [0.3, 0.4) is 0 Å². The topological polar surface area (TPSA) is 56.3 Å². The van der Waals surface area contributed by atoms with Gasteiger partial charge < -0.3 is 14.8 Å². The Labute approximate surface area is 95.2 Å². The maximum Gasteiger partial charge on any atom is 0.226 e. The van der Waals surface area contributed by atoms with E-state index < -0.39 is 0 Å². The number of anilines is 1. The number of aromatic nitrogens is 2. The summed E-state index contributed by atoms with van der Waals surface area (Å²) < 4.78 is 10.4. The molecule has 1 aromatic rings. The molecular formula is C11H17N3O2. The van der Waals surface area contributed by atoms with Crippen LogP contribution in [0.15, 0.2) is 6.07 Å². The highest BCUT2D eigenvalue weighted by Gasteiger charge is 2.15. The molecule has 1 atom stereocenters. The Balaban J connectivity index is 1.94. The van der Waals surface area contributed by atoms with E-state index in [1.54, 1.807) is 7.11 Å². The van der Waals surface area contributed by atoms with E-state index >= 15 is 0 Å². The first-order valence-corrected chi connectivity index (χ1v) is 5.49. The minimum atomic E-state index is 0.565. The number of methoxy groups -OCH3 is 1. The summed E-state index contributed by atoms with van der Waals surface area (Å²) in [6, 6.07) is 1.81. The Morgan fingerprint density at radius 3 is 3.12 bits per heavy atom. The molecule has 1 unspecified atom stereocenters. The molecule has 88 valence electrons. The van der Waals surface area contributed by atoms with Crippen molar-refractivity contribution in [3.8, 4) is 5.88 Å². The highest BCUT2D eigenvalue weighted by molar-refractivity contribution is 5.30.